The van der Waals surface area contributed by atoms with Crippen molar-refractivity contribution >= 4 is 5.69 Å². The Kier molecular flexibility index (Phi) is 3.56. The maximum Gasteiger partial charge on any atom is 0.266 e. The van der Waals surface area contributed by atoms with Crippen LogP contribution >= 0.6 is 0 Å². The van der Waals surface area contributed by atoms with Gasteiger partial charge in [0.25, 0.3) is 5.56 Å². The number of rotatable bonds is 3. The summed E-state index contributed by atoms with van der Waals surface area (Å²) in [5, 5.41) is 9.43. The third-order valence-electron chi connectivity index (χ3n) is 3.03. The van der Waals surface area contributed by atoms with Crippen molar-refractivity contribution in [3.8, 4) is 0 Å². The Hall–Kier alpha value is -1.36. The molecule has 2 rings (SSSR count). The predicted molar refractivity (Wildman–Crippen MR) is 61.5 cm³/mol. The molecule has 5 nitrogen and oxygen atoms in total. The summed E-state index contributed by atoms with van der Waals surface area (Å²) in [7, 11) is 0. The smallest absolute Gasteiger partial charge is 0.266 e. The fourth-order valence-electron chi connectivity index (χ4n) is 2.05. The number of nitrogens with one attached hydrogen (secondary N) is 2. The summed E-state index contributed by atoms with van der Waals surface area (Å²) in [4.78, 5) is 11.1. The molecule has 0 radical (unpaired) electrons. The molecule has 1 aromatic heterocycles. The fourth-order valence-corrected chi connectivity index (χ4v) is 2.05. The lowest BCUT2D eigenvalue weighted by molar-refractivity contribution is 0.0622. The molecule has 1 fully saturated rings. The number of aromatic amines is 1. The van der Waals surface area contributed by atoms with E-state index in [4.69, 9.17) is 4.74 Å². The maximum atomic E-state index is 11.1. The van der Waals surface area contributed by atoms with Crippen LogP contribution in [0.4, 0.5) is 5.69 Å². The van der Waals surface area contributed by atoms with Gasteiger partial charge in [0.2, 0.25) is 0 Å². The molecule has 1 unspecified atom stereocenters. The number of aromatic nitrogens is 2. The second-order valence-electron chi connectivity index (χ2n) is 4.22. The van der Waals surface area contributed by atoms with Gasteiger partial charge in [-0.2, -0.15) is 5.10 Å². The molecule has 0 amide bonds. The van der Waals surface area contributed by atoms with Gasteiger partial charge in [-0.3, -0.25) is 4.79 Å². The third kappa shape index (κ3) is 2.82. The van der Waals surface area contributed by atoms with Crippen LogP contribution in [0.15, 0.2) is 17.1 Å². The maximum absolute atomic E-state index is 11.1. The zero-order valence-electron chi connectivity index (χ0n) is 9.40. The second kappa shape index (κ2) is 5.12. The Morgan fingerprint density at radius 2 is 2.31 bits per heavy atom. The molecule has 1 atom stereocenters. The van der Waals surface area contributed by atoms with Gasteiger partial charge in [-0.1, -0.05) is 0 Å². The highest BCUT2D eigenvalue weighted by molar-refractivity contribution is 5.39. The minimum Gasteiger partial charge on any atom is -0.381 e. The molecule has 16 heavy (non-hydrogen) atoms. The Morgan fingerprint density at radius 1 is 1.56 bits per heavy atom. The lowest BCUT2D eigenvalue weighted by Crippen LogP contribution is -2.31. The zero-order valence-corrected chi connectivity index (χ0v) is 9.40. The van der Waals surface area contributed by atoms with Crippen molar-refractivity contribution < 1.29 is 4.74 Å². The van der Waals surface area contributed by atoms with Crippen LogP contribution in [0.2, 0.25) is 0 Å². The Morgan fingerprint density at radius 3 is 3.00 bits per heavy atom. The van der Waals surface area contributed by atoms with E-state index in [2.05, 4.69) is 22.4 Å². The highest BCUT2D eigenvalue weighted by atomic mass is 16.5. The summed E-state index contributed by atoms with van der Waals surface area (Å²) in [6.07, 6.45) is 3.78. The van der Waals surface area contributed by atoms with E-state index >= 15 is 0 Å². The molecule has 5 heteroatoms. The molecule has 0 aromatic carbocycles. The summed E-state index contributed by atoms with van der Waals surface area (Å²) >= 11 is 0. The lowest BCUT2D eigenvalue weighted by atomic mass is 9.93. The van der Waals surface area contributed by atoms with Gasteiger partial charge in [0, 0.05) is 25.3 Å². The van der Waals surface area contributed by atoms with Crippen molar-refractivity contribution in [2.75, 3.05) is 18.5 Å². The summed E-state index contributed by atoms with van der Waals surface area (Å²) in [5.74, 6) is 0.605. The van der Waals surface area contributed by atoms with Crippen molar-refractivity contribution in [1.82, 2.24) is 10.2 Å². The average Bonchev–Trinajstić information content (AvgIpc) is 2.30. The molecule has 88 valence electrons. The highest BCUT2D eigenvalue weighted by Crippen LogP contribution is 2.20. The summed E-state index contributed by atoms with van der Waals surface area (Å²) in [6.45, 7) is 3.81. The molecule has 0 spiro atoms. The first-order chi connectivity index (χ1) is 7.75. The molecule has 0 aliphatic carbocycles. The minimum absolute atomic E-state index is 0.177. The molecular formula is C11H17N3O2. The number of H-pyrrole nitrogens is 1. The van der Waals surface area contributed by atoms with Crippen LogP contribution < -0.4 is 10.9 Å². The van der Waals surface area contributed by atoms with E-state index in [1.165, 1.54) is 6.07 Å². The number of nitrogens with zero attached hydrogens (tertiary/aromatic N) is 1. The quantitative estimate of drug-likeness (QED) is 0.802. The summed E-state index contributed by atoms with van der Waals surface area (Å²) in [5.41, 5.74) is 0.604. The monoisotopic (exact) mass is 223 g/mol. The Balaban J connectivity index is 1.95. The van der Waals surface area contributed by atoms with Crippen molar-refractivity contribution in [2.24, 2.45) is 5.92 Å². The Labute approximate surface area is 94.2 Å². The van der Waals surface area contributed by atoms with E-state index in [0.717, 1.165) is 31.7 Å². The van der Waals surface area contributed by atoms with Gasteiger partial charge in [-0.25, -0.2) is 5.10 Å². The Bertz CT molecular complexity index is 385. The molecule has 2 N–H and O–H groups in total. The summed E-state index contributed by atoms with van der Waals surface area (Å²) < 4.78 is 5.32. The first kappa shape index (κ1) is 11.1. The second-order valence-corrected chi connectivity index (χ2v) is 4.22. The van der Waals surface area contributed by atoms with Gasteiger partial charge in [0.05, 0.1) is 11.9 Å². The highest BCUT2D eigenvalue weighted by Gasteiger charge is 2.20. The van der Waals surface area contributed by atoms with Crippen LogP contribution in [-0.2, 0) is 4.74 Å². The van der Waals surface area contributed by atoms with Crippen LogP contribution in [0.3, 0.4) is 0 Å². The minimum atomic E-state index is -0.177. The molecule has 1 aromatic rings. The first-order valence-corrected chi connectivity index (χ1v) is 5.65. The molecule has 1 aliphatic heterocycles. The van der Waals surface area contributed by atoms with E-state index in [1.807, 2.05) is 0 Å². The van der Waals surface area contributed by atoms with Crippen LogP contribution in [-0.4, -0.2) is 29.5 Å². The molecule has 1 aliphatic rings. The number of hydrogen-bond acceptors (Lipinski definition) is 4. The van der Waals surface area contributed by atoms with Crippen molar-refractivity contribution in [2.45, 2.75) is 25.8 Å². The van der Waals surface area contributed by atoms with Crippen LogP contribution in [0.1, 0.15) is 19.8 Å². The van der Waals surface area contributed by atoms with Gasteiger partial charge >= 0.3 is 0 Å². The fraction of sp³-hybridized carbons (Fsp3) is 0.636. The zero-order chi connectivity index (χ0) is 11.4. The number of anilines is 1. The van der Waals surface area contributed by atoms with Crippen LogP contribution in [0, 0.1) is 5.92 Å². The topological polar surface area (TPSA) is 67.0 Å². The standard InChI is InChI=1S/C11H17N3O2/c1-8(9-2-4-16-5-3-9)13-10-6-11(15)14-12-7-10/h6-9H,2-5H2,1H3,(H2,13,14,15). The molecular weight excluding hydrogens is 206 g/mol. The van der Waals surface area contributed by atoms with Gasteiger partial charge in [-0.15, -0.1) is 0 Å². The van der Waals surface area contributed by atoms with Crippen LogP contribution in [0.25, 0.3) is 0 Å². The van der Waals surface area contributed by atoms with E-state index in [-0.39, 0.29) is 5.56 Å². The van der Waals surface area contributed by atoms with E-state index in [1.54, 1.807) is 6.20 Å². The SMILES string of the molecule is CC(Nc1cn[nH]c(=O)c1)C1CCOCC1. The predicted octanol–water partition coefficient (Wildman–Crippen LogP) is 0.997. The molecule has 1 saturated heterocycles. The van der Waals surface area contributed by atoms with E-state index in [9.17, 15) is 4.79 Å². The van der Waals surface area contributed by atoms with Crippen LogP contribution in [0.5, 0.6) is 0 Å². The molecule has 0 saturated carbocycles. The normalized spacial score (nSPS) is 19.3. The largest absolute Gasteiger partial charge is 0.381 e. The molecule has 2 heterocycles. The van der Waals surface area contributed by atoms with Crippen molar-refractivity contribution in [1.29, 1.82) is 0 Å². The molecule has 0 bridgehead atoms. The van der Waals surface area contributed by atoms with Gasteiger partial charge in [0.1, 0.15) is 0 Å². The van der Waals surface area contributed by atoms with Gasteiger partial charge < -0.3 is 10.1 Å². The van der Waals surface area contributed by atoms with Gasteiger partial charge in [0.15, 0.2) is 0 Å². The summed E-state index contributed by atoms with van der Waals surface area (Å²) in [6, 6.07) is 1.87. The average molecular weight is 223 g/mol. The number of hydrogen-bond donors (Lipinski definition) is 2. The van der Waals surface area contributed by atoms with Gasteiger partial charge in [-0.05, 0) is 25.7 Å². The van der Waals surface area contributed by atoms with Crippen molar-refractivity contribution in [3.63, 3.8) is 0 Å². The van der Waals surface area contributed by atoms with Crippen molar-refractivity contribution in [3.05, 3.63) is 22.6 Å². The number of ether oxygens (including phenoxy) is 1. The lowest BCUT2D eigenvalue weighted by Gasteiger charge is -2.28. The van der Waals surface area contributed by atoms with E-state index < -0.39 is 0 Å². The third-order valence-corrected chi connectivity index (χ3v) is 3.03. The van der Waals surface area contributed by atoms with E-state index in [0.29, 0.717) is 12.0 Å². The first-order valence-electron chi connectivity index (χ1n) is 5.65.